The minimum absolute atomic E-state index is 0.0120. The van der Waals surface area contributed by atoms with Gasteiger partial charge in [0, 0.05) is 16.8 Å². The first kappa shape index (κ1) is 21.2. The van der Waals surface area contributed by atoms with Crippen molar-refractivity contribution < 1.29 is 0 Å². The molecule has 0 unspecified atom stereocenters. The lowest BCUT2D eigenvalue weighted by molar-refractivity contribution is 0.660. The molecule has 0 saturated heterocycles. The summed E-state index contributed by atoms with van der Waals surface area (Å²) in [6.07, 6.45) is 0. The predicted molar refractivity (Wildman–Crippen MR) is 149 cm³/mol. The molecule has 0 radical (unpaired) electrons. The van der Waals surface area contributed by atoms with E-state index < -0.39 is 0 Å². The third-order valence-electron chi connectivity index (χ3n) is 7.06. The van der Waals surface area contributed by atoms with Crippen molar-refractivity contribution in [2.75, 3.05) is 10.6 Å². The number of fused-ring (bicyclic) bond motifs is 3. The minimum Gasteiger partial charge on any atom is -0.354 e. The second-order valence-corrected chi connectivity index (χ2v) is 9.67. The van der Waals surface area contributed by atoms with Crippen LogP contribution in [-0.4, -0.2) is 0 Å². The van der Waals surface area contributed by atoms with Crippen LogP contribution >= 0.6 is 0 Å². The zero-order valence-corrected chi connectivity index (χ0v) is 20.0. The molecule has 0 aromatic heterocycles. The summed E-state index contributed by atoms with van der Waals surface area (Å²) in [6, 6.07) is 42.9. The van der Waals surface area contributed by atoms with Crippen molar-refractivity contribution >= 4 is 22.7 Å². The molecule has 5 aromatic rings. The van der Waals surface area contributed by atoms with Crippen LogP contribution in [0.5, 0.6) is 0 Å². The minimum atomic E-state index is -0.0120. The molecule has 2 N–H and O–H groups in total. The van der Waals surface area contributed by atoms with Gasteiger partial charge in [-0.25, -0.2) is 0 Å². The van der Waals surface area contributed by atoms with Crippen LogP contribution in [0.25, 0.3) is 22.3 Å². The quantitative estimate of drug-likeness (QED) is 0.278. The second kappa shape index (κ2) is 8.48. The zero-order valence-electron chi connectivity index (χ0n) is 20.0. The van der Waals surface area contributed by atoms with Gasteiger partial charge in [-0.2, -0.15) is 0 Å². The van der Waals surface area contributed by atoms with E-state index in [9.17, 15) is 0 Å². The molecular formula is C33H28N2. The first-order valence-corrected chi connectivity index (χ1v) is 12.1. The first-order valence-electron chi connectivity index (χ1n) is 12.1. The number of anilines is 4. The second-order valence-electron chi connectivity index (χ2n) is 9.67. The van der Waals surface area contributed by atoms with Crippen LogP contribution in [0, 0.1) is 0 Å². The van der Waals surface area contributed by atoms with Gasteiger partial charge < -0.3 is 10.6 Å². The van der Waals surface area contributed by atoms with Crippen molar-refractivity contribution in [3.05, 3.63) is 132 Å². The van der Waals surface area contributed by atoms with E-state index in [0.717, 1.165) is 22.7 Å². The third kappa shape index (κ3) is 3.87. The highest BCUT2D eigenvalue weighted by atomic mass is 15.0. The fraction of sp³-hybridized carbons (Fsp3) is 0.0909. The van der Waals surface area contributed by atoms with Crippen molar-refractivity contribution in [3.63, 3.8) is 0 Å². The summed E-state index contributed by atoms with van der Waals surface area (Å²) in [4.78, 5) is 0. The predicted octanol–water partition coefficient (Wildman–Crippen LogP) is 9.15. The van der Waals surface area contributed by atoms with E-state index in [0.29, 0.717) is 0 Å². The van der Waals surface area contributed by atoms with Crippen molar-refractivity contribution in [2.45, 2.75) is 19.3 Å². The average Bonchev–Trinajstić information content (AvgIpc) is 3.13. The van der Waals surface area contributed by atoms with Crippen LogP contribution in [0.4, 0.5) is 22.7 Å². The maximum absolute atomic E-state index is 3.66. The lowest BCUT2D eigenvalue weighted by atomic mass is 9.82. The molecule has 0 fully saturated rings. The highest BCUT2D eigenvalue weighted by Crippen LogP contribution is 2.49. The number of para-hydroxylation sites is 2. The molecule has 35 heavy (non-hydrogen) atoms. The number of nitrogens with one attached hydrogen (secondary N) is 2. The Morgan fingerprint density at radius 3 is 1.74 bits per heavy atom. The average molecular weight is 453 g/mol. The standard InChI is InChI=1S/C33H28N2/c1-33(2)29-13-7-6-12-27(29)28-21-20-26(22-30(28)33)35-32-15-9-8-14-31(32)34-25-18-16-24(17-19-25)23-10-4-3-5-11-23/h3-22,34-35H,1-2H3. The van der Waals surface area contributed by atoms with Crippen LogP contribution in [0.1, 0.15) is 25.0 Å². The van der Waals surface area contributed by atoms with Crippen LogP contribution in [0.15, 0.2) is 121 Å². The Morgan fingerprint density at radius 1 is 0.457 bits per heavy atom. The Morgan fingerprint density at radius 2 is 1.00 bits per heavy atom. The Kier molecular flexibility index (Phi) is 5.15. The van der Waals surface area contributed by atoms with E-state index in [4.69, 9.17) is 0 Å². The summed E-state index contributed by atoms with van der Waals surface area (Å²) in [6.45, 7) is 4.63. The Labute approximate surface area is 207 Å². The largest absolute Gasteiger partial charge is 0.354 e. The molecule has 0 amide bonds. The van der Waals surface area contributed by atoms with Gasteiger partial charge in [0.05, 0.1) is 11.4 Å². The third-order valence-corrected chi connectivity index (χ3v) is 7.06. The van der Waals surface area contributed by atoms with E-state index >= 15 is 0 Å². The van der Waals surface area contributed by atoms with Gasteiger partial charge in [-0.15, -0.1) is 0 Å². The van der Waals surface area contributed by atoms with Crippen molar-refractivity contribution in [1.82, 2.24) is 0 Å². The van der Waals surface area contributed by atoms with Crippen LogP contribution < -0.4 is 10.6 Å². The summed E-state index contributed by atoms with van der Waals surface area (Å²) < 4.78 is 0. The molecule has 0 saturated carbocycles. The molecule has 0 aliphatic heterocycles. The number of hydrogen-bond donors (Lipinski definition) is 2. The van der Waals surface area contributed by atoms with E-state index in [1.807, 2.05) is 6.07 Å². The van der Waals surface area contributed by atoms with E-state index in [1.54, 1.807) is 0 Å². The molecule has 0 atom stereocenters. The van der Waals surface area contributed by atoms with E-state index in [2.05, 4.69) is 140 Å². The highest BCUT2D eigenvalue weighted by molar-refractivity contribution is 5.84. The molecule has 1 aliphatic carbocycles. The highest BCUT2D eigenvalue weighted by Gasteiger charge is 2.35. The number of hydrogen-bond acceptors (Lipinski definition) is 2. The summed E-state index contributed by atoms with van der Waals surface area (Å²) in [5.41, 5.74) is 12.1. The van der Waals surface area contributed by atoms with Crippen LogP contribution in [0.2, 0.25) is 0 Å². The zero-order chi connectivity index (χ0) is 23.8. The molecule has 0 bridgehead atoms. The van der Waals surface area contributed by atoms with Gasteiger partial charge in [0.15, 0.2) is 0 Å². The summed E-state index contributed by atoms with van der Waals surface area (Å²) in [7, 11) is 0. The van der Waals surface area contributed by atoms with Crippen LogP contribution in [-0.2, 0) is 5.41 Å². The van der Waals surface area contributed by atoms with Gasteiger partial charge in [-0.1, -0.05) is 98.8 Å². The summed E-state index contributed by atoms with van der Waals surface area (Å²) in [5, 5.41) is 7.25. The molecule has 170 valence electrons. The molecule has 2 heteroatoms. The molecule has 0 heterocycles. The monoisotopic (exact) mass is 452 g/mol. The number of benzene rings is 5. The van der Waals surface area contributed by atoms with Crippen LogP contribution in [0.3, 0.4) is 0 Å². The fourth-order valence-electron chi connectivity index (χ4n) is 5.17. The molecule has 0 spiro atoms. The topological polar surface area (TPSA) is 24.1 Å². The molecule has 6 rings (SSSR count). The van der Waals surface area contributed by atoms with Crippen molar-refractivity contribution in [3.8, 4) is 22.3 Å². The summed E-state index contributed by atoms with van der Waals surface area (Å²) >= 11 is 0. The van der Waals surface area contributed by atoms with Crippen molar-refractivity contribution in [2.24, 2.45) is 0 Å². The Balaban J connectivity index is 1.26. The van der Waals surface area contributed by atoms with Gasteiger partial charge in [0.2, 0.25) is 0 Å². The van der Waals surface area contributed by atoms with Gasteiger partial charge in [-0.3, -0.25) is 0 Å². The lowest BCUT2D eigenvalue weighted by Gasteiger charge is -2.22. The SMILES string of the molecule is CC1(C)c2ccccc2-c2ccc(Nc3ccccc3Nc3ccc(-c4ccccc4)cc3)cc21. The number of rotatable bonds is 5. The Bertz CT molecular complexity index is 1500. The fourth-order valence-corrected chi connectivity index (χ4v) is 5.17. The molecule has 5 aromatic carbocycles. The van der Waals surface area contributed by atoms with Crippen molar-refractivity contribution in [1.29, 1.82) is 0 Å². The van der Waals surface area contributed by atoms with Gasteiger partial charge in [0.1, 0.15) is 0 Å². The maximum Gasteiger partial charge on any atom is 0.0623 e. The molecular weight excluding hydrogens is 424 g/mol. The maximum atomic E-state index is 3.66. The van der Waals surface area contributed by atoms with Gasteiger partial charge >= 0.3 is 0 Å². The molecule has 2 nitrogen and oxygen atoms in total. The smallest absolute Gasteiger partial charge is 0.0623 e. The lowest BCUT2D eigenvalue weighted by Crippen LogP contribution is -2.15. The van der Waals surface area contributed by atoms with Gasteiger partial charge in [0.25, 0.3) is 0 Å². The summed E-state index contributed by atoms with van der Waals surface area (Å²) in [5.74, 6) is 0. The Hall–Kier alpha value is -4.30. The molecule has 1 aliphatic rings. The van der Waals surface area contributed by atoms with E-state index in [-0.39, 0.29) is 5.41 Å². The van der Waals surface area contributed by atoms with Gasteiger partial charge in [-0.05, 0) is 69.8 Å². The first-order chi connectivity index (χ1) is 17.1. The normalized spacial score (nSPS) is 13.1. The van der Waals surface area contributed by atoms with E-state index in [1.165, 1.54) is 33.4 Å².